The molecule has 0 saturated carbocycles. The molecule has 3 heteroatoms. The van der Waals surface area contributed by atoms with Gasteiger partial charge in [0, 0.05) is 13.6 Å². The molecule has 1 heterocycles. The summed E-state index contributed by atoms with van der Waals surface area (Å²) in [4.78, 5) is 13.6. The van der Waals surface area contributed by atoms with E-state index >= 15 is 0 Å². The normalized spacial score (nSPS) is 20.8. The van der Waals surface area contributed by atoms with E-state index < -0.39 is 0 Å². The van der Waals surface area contributed by atoms with E-state index in [9.17, 15) is 4.79 Å². The number of hydrogen-bond donors (Lipinski definition) is 1. The Morgan fingerprint density at radius 3 is 3.07 bits per heavy atom. The van der Waals surface area contributed by atoms with Crippen molar-refractivity contribution in [3.63, 3.8) is 0 Å². The second-order valence-electron chi connectivity index (χ2n) is 3.84. The monoisotopic (exact) mass is 196 g/mol. The summed E-state index contributed by atoms with van der Waals surface area (Å²) in [5.74, 6) is 0.242. The molecule has 0 aromatic carbocycles. The third-order valence-electron chi connectivity index (χ3n) is 2.64. The molecule has 0 aliphatic carbocycles. The summed E-state index contributed by atoms with van der Waals surface area (Å²) in [6.07, 6.45) is 6.00. The number of allylic oxidation sites excluding steroid dienone is 1. The minimum absolute atomic E-state index is 0.0729. The number of nitrogens with zero attached hydrogens (tertiary/aromatic N) is 1. The van der Waals surface area contributed by atoms with Gasteiger partial charge < -0.3 is 10.2 Å². The van der Waals surface area contributed by atoms with Gasteiger partial charge in [-0.1, -0.05) is 6.08 Å². The minimum atomic E-state index is 0.0729. The lowest BCUT2D eigenvalue weighted by Gasteiger charge is -2.20. The maximum Gasteiger partial charge on any atom is 0.239 e. The van der Waals surface area contributed by atoms with Crippen LogP contribution in [0.15, 0.2) is 12.7 Å². The number of amides is 1. The second-order valence-corrected chi connectivity index (χ2v) is 3.84. The van der Waals surface area contributed by atoms with Crippen LogP contribution in [0.25, 0.3) is 0 Å². The lowest BCUT2D eigenvalue weighted by Crippen LogP contribution is -2.41. The maximum absolute atomic E-state index is 11.8. The van der Waals surface area contributed by atoms with Gasteiger partial charge in [-0.3, -0.25) is 4.79 Å². The van der Waals surface area contributed by atoms with Gasteiger partial charge in [-0.15, -0.1) is 6.58 Å². The molecule has 14 heavy (non-hydrogen) atoms. The van der Waals surface area contributed by atoms with Crippen molar-refractivity contribution in [2.24, 2.45) is 0 Å². The zero-order chi connectivity index (χ0) is 10.4. The van der Waals surface area contributed by atoms with Gasteiger partial charge in [-0.25, -0.2) is 0 Å². The molecule has 0 unspecified atom stereocenters. The number of carbonyl (C=O) groups is 1. The molecule has 1 N–H and O–H groups in total. The van der Waals surface area contributed by atoms with E-state index in [-0.39, 0.29) is 11.9 Å². The molecule has 80 valence electrons. The molecule has 3 nitrogen and oxygen atoms in total. The first-order chi connectivity index (χ1) is 6.75. The fourth-order valence-corrected chi connectivity index (χ4v) is 1.74. The number of likely N-dealkylation sites (N-methyl/N-ethyl adjacent to an activating group) is 1. The molecule has 0 aromatic heterocycles. The molecule has 1 saturated heterocycles. The van der Waals surface area contributed by atoms with Gasteiger partial charge in [0.15, 0.2) is 0 Å². The largest absolute Gasteiger partial charge is 0.344 e. The van der Waals surface area contributed by atoms with Crippen LogP contribution in [0.1, 0.15) is 25.7 Å². The lowest BCUT2D eigenvalue weighted by atomic mass is 10.2. The van der Waals surface area contributed by atoms with Crippen LogP contribution >= 0.6 is 0 Å². The van der Waals surface area contributed by atoms with Crippen molar-refractivity contribution in [3.8, 4) is 0 Å². The Hall–Kier alpha value is -0.830. The van der Waals surface area contributed by atoms with E-state index in [4.69, 9.17) is 0 Å². The molecular weight excluding hydrogens is 176 g/mol. The Kier molecular flexibility index (Phi) is 4.66. The first kappa shape index (κ1) is 11.2. The Morgan fingerprint density at radius 2 is 2.50 bits per heavy atom. The van der Waals surface area contributed by atoms with E-state index in [0.29, 0.717) is 0 Å². The predicted molar refractivity (Wildman–Crippen MR) is 58.1 cm³/mol. The second kappa shape index (κ2) is 5.81. The van der Waals surface area contributed by atoms with Gasteiger partial charge in [0.2, 0.25) is 5.91 Å². The molecule has 1 amide bonds. The SMILES string of the molecule is C=CCCCN(C)C(=O)[C@H]1CCCN1. The third kappa shape index (κ3) is 3.14. The molecule has 1 aliphatic rings. The highest BCUT2D eigenvalue weighted by Gasteiger charge is 2.24. The molecule has 1 atom stereocenters. The number of nitrogens with one attached hydrogen (secondary N) is 1. The highest BCUT2D eigenvalue weighted by Crippen LogP contribution is 2.08. The van der Waals surface area contributed by atoms with Crippen molar-refractivity contribution in [1.29, 1.82) is 0 Å². The first-order valence-corrected chi connectivity index (χ1v) is 5.35. The molecule has 1 rings (SSSR count). The Morgan fingerprint density at radius 1 is 1.71 bits per heavy atom. The molecule has 0 radical (unpaired) electrons. The highest BCUT2D eigenvalue weighted by atomic mass is 16.2. The Labute approximate surface area is 86.2 Å². The van der Waals surface area contributed by atoms with E-state index in [1.807, 2.05) is 18.0 Å². The number of rotatable bonds is 5. The summed E-state index contributed by atoms with van der Waals surface area (Å²) in [6.45, 7) is 5.48. The quantitative estimate of drug-likeness (QED) is 0.528. The molecule has 0 aromatic rings. The minimum Gasteiger partial charge on any atom is -0.344 e. The third-order valence-corrected chi connectivity index (χ3v) is 2.64. The molecule has 0 spiro atoms. The topological polar surface area (TPSA) is 32.3 Å². The summed E-state index contributed by atoms with van der Waals surface area (Å²) in [7, 11) is 1.88. The van der Waals surface area contributed by atoms with Crippen LogP contribution in [0.4, 0.5) is 0 Å². The summed E-state index contributed by atoms with van der Waals surface area (Å²) in [5, 5.41) is 3.22. The van der Waals surface area contributed by atoms with Crippen molar-refractivity contribution in [2.45, 2.75) is 31.7 Å². The average molecular weight is 196 g/mol. The summed E-state index contributed by atoms with van der Waals surface area (Å²) in [6, 6.07) is 0.0729. The standard InChI is InChI=1S/C11H20N2O/c1-3-4-5-9-13(2)11(14)10-7-6-8-12-10/h3,10,12H,1,4-9H2,2H3/t10-/m1/s1. The summed E-state index contributed by atoms with van der Waals surface area (Å²) < 4.78 is 0. The van der Waals surface area contributed by atoms with Crippen molar-refractivity contribution >= 4 is 5.91 Å². The molecule has 1 fully saturated rings. The van der Waals surface area contributed by atoms with E-state index in [1.165, 1.54) is 0 Å². The van der Waals surface area contributed by atoms with Crippen LogP contribution < -0.4 is 5.32 Å². The fourth-order valence-electron chi connectivity index (χ4n) is 1.74. The van der Waals surface area contributed by atoms with Crippen LogP contribution in [0.3, 0.4) is 0 Å². The Balaban J connectivity index is 2.24. The molecular formula is C11H20N2O. The van der Waals surface area contributed by atoms with Crippen LogP contribution in [-0.4, -0.2) is 37.0 Å². The van der Waals surface area contributed by atoms with Crippen molar-refractivity contribution in [1.82, 2.24) is 10.2 Å². The van der Waals surface area contributed by atoms with Gasteiger partial charge >= 0.3 is 0 Å². The summed E-state index contributed by atoms with van der Waals surface area (Å²) in [5.41, 5.74) is 0. The van der Waals surface area contributed by atoms with Crippen LogP contribution in [0.2, 0.25) is 0 Å². The van der Waals surface area contributed by atoms with Gasteiger partial charge in [-0.2, -0.15) is 0 Å². The van der Waals surface area contributed by atoms with Crippen molar-refractivity contribution in [2.75, 3.05) is 20.1 Å². The molecule has 1 aliphatic heterocycles. The van der Waals surface area contributed by atoms with E-state index in [1.54, 1.807) is 0 Å². The first-order valence-electron chi connectivity index (χ1n) is 5.35. The van der Waals surface area contributed by atoms with Crippen LogP contribution in [-0.2, 0) is 4.79 Å². The van der Waals surface area contributed by atoms with Gasteiger partial charge in [0.05, 0.1) is 6.04 Å². The maximum atomic E-state index is 11.8. The van der Waals surface area contributed by atoms with E-state index in [0.717, 1.165) is 38.8 Å². The lowest BCUT2D eigenvalue weighted by molar-refractivity contribution is -0.131. The number of unbranched alkanes of at least 4 members (excludes halogenated alkanes) is 1. The van der Waals surface area contributed by atoms with Gasteiger partial charge in [0.25, 0.3) is 0 Å². The zero-order valence-electron chi connectivity index (χ0n) is 8.96. The molecule has 0 bridgehead atoms. The number of carbonyl (C=O) groups excluding carboxylic acids is 1. The average Bonchev–Trinajstić information content (AvgIpc) is 2.69. The predicted octanol–water partition coefficient (Wildman–Crippen LogP) is 1.16. The highest BCUT2D eigenvalue weighted by molar-refractivity contribution is 5.81. The Bertz CT molecular complexity index is 197. The van der Waals surface area contributed by atoms with E-state index in [2.05, 4.69) is 11.9 Å². The fraction of sp³-hybridized carbons (Fsp3) is 0.727. The van der Waals surface area contributed by atoms with Gasteiger partial charge in [-0.05, 0) is 32.2 Å². The van der Waals surface area contributed by atoms with Crippen LogP contribution in [0, 0.1) is 0 Å². The van der Waals surface area contributed by atoms with Crippen molar-refractivity contribution < 1.29 is 4.79 Å². The summed E-state index contributed by atoms with van der Waals surface area (Å²) >= 11 is 0. The zero-order valence-corrected chi connectivity index (χ0v) is 8.96. The van der Waals surface area contributed by atoms with Crippen molar-refractivity contribution in [3.05, 3.63) is 12.7 Å². The van der Waals surface area contributed by atoms with Crippen LogP contribution in [0.5, 0.6) is 0 Å². The van der Waals surface area contributed by atoms with Gasteiger partial charge in [0.1, 0.15) is 0 Å². The number of hydrogen-bond acceptors (Lipinski definition) is 2. The smallest absolute Gasteiger partial charge is 0.239 e.